The summed E-state index contributed by atoms with van der Waals surface area (Å²) in [7, 11) is -2.17. The Hall–Kier alpha value is -3.07. The van der Waals surface area contributed by atoms with Gasteiger partial charge in [-0.3, -0.25) is 13.9 Å². The number of hydrogen-bond acceptors (Lipinski definition) is 5. The lowest BCUT2D eigenvalue weighted by Gasteiger charge is -2.33. The second kappa shape index (κ2) is 12.3. The van der Waals surface area contributed by atoms with E-state index in [0.29, 0.717) is 11.4 Å². The number of ether oxygens (including phenoxy) is 1. The monoisotopic (exact) mass is 515 g/mol. The number of nitrogens with one attached hydrogen (secondary N) is 1. The summed E-state index contributed by atoms with van der Waals surface area (Å²) in [6.45, 7) is 3.31. The summed E-state index contributed by atoms with van der Waals surface area (Å²) < 4.78 is 31.6. The van der Waals surface area contributed by atoms with Crippen LogP contribution in [0.3, 0.4) is 0 Å². The van der Waals surface area contributed by atoms with Crippen LogP contribution in [0.4, 0.5) is 5.69 Å². The van der Waals surface area contributed by atoms with Gasteiger partial charge in [0.05, 0.1) is 19.1 Å². The zero-order chi connectivity index (χ0) is 26.3. The molecule has 0 spiro atoms. The Labute approximate surface area is 214 Å². The number of anilines is 1. The molecule has 3 rings (SSSR count). The zero-order valence-corrected chi connectivity index (χ0v) is 22.4. The Morgan fingerprint density at radius 2 is 1.75 bits per heavy atom. The number of nitrogens with zero attached hydrogens (tertiary/aromatic N) is 2. The Bertz CT molecular complexity index is 1140. The minimum Gasteiger partial charge on any atom is -0.497 e. The van der Waals surface area contributed by atoms with Crippen molar-refractivity contribution in [2.24, 2.45) is 0 Å². The summed E-state index contributed by atoms with van der Waals surface area (Å²) in [6.07, 6.45) is 6.27. The van der Waals surface area contributed by atoms with Gasteiger partial charge in [0.25, 0.3) is 0 Å². The van der Waals surface area contributed by atoms with Crippen LogP contribution in [0, 0.1) is 6.92 Å². The van der Waals surface area contributed by atoms with Gasteiger partial charge in [-0.25, -0.2) is 8.42 Å². The molecule has 0 unspecified atom stereocenters. The van der Waals surface area contributed by atoms with Crippen LogP contribution in [-0.4, -0.2) is 57.1 Å². The van der Waals surface area contributed by atoms with Gasteiger partial charge in [0.15, 0.2) is 0 Å². The fourth-order valence-corrected chi connectivity index (χ4v) is 5.32. The van der Waals surface area contributed by atoms with E-state index in [4.69, 9.17) is 4.74 Å². The fourth-order valence-electron chi connectivity index (χ4n) is 4.48. The van der Waals surface area contributed by atoms with Gasteiger partial charge in [0.2, 0.25) is 21.8 Å². The van der Waals surface area contributed by atoms with Crippen molar-refractivity contribution in [3.8, 4) is 5.75 Å². The van der Waals surface area contributed by atoms with Crippen molar-refractivity contribution in [3.63, 3.8) is 0 Å². The highest BCUT2D eigenvalue weighted by molar-refractivity contribution is 7.92. The van der Waals surface area contributed by atoms with Crippen molar-refractivity contribution in [1.82, 2.24) is 10.2 Å². The molecule has 1 aliphatic rings. The molecule has 2 amide bonds. The number of carbonyl (C=O) groups excluding carboxylic acids is 2. The molecule has 1 atom stereocenters. The highest BCUT2D eigenvalue weighted by Crippen LogP contribution is 2.22. The molecule has 0 radical (unpaired) electrons. The number of sulfonamides is 1. The number of hydrogen-bond donors (Lipinski definition) is 1. The highest BCUT2D eigenvalue weighted by atomic mass is 32.2. The third-order valence-corrected chi connectivity index (χ3v) is 7.74. The molecule has 0 bridgehead atoms. The van der Waals surface area contributed by atoms with E-state index in [1.165, 1.54) is 11.3 Å². The van der Waals surface area contributed by atoms with E-state index in [2.05, 4.69) is 5.32 Å². The van der Waals surface area contributed by atoms with Crippen molar-refractivity contribution in [2.45, 2.75) is 64.6 Å². The summed E-state index contributed by atoms with van der Waals surface area (Å²) in [5, 5.41) is 3.10. The maximum Gasteiger partial charge on any atom is 0.244 e. The Kier molecular flexibility index (Phi) is 9.37. The SMILES string of the molecule is COc1ccc(CN(C(=O)CN(c2cccc(C)c2)S(C)(=O)=O)[C@H](C)C(=O)NC2CCCCC2)cc1. The molecule has 0 saturated heterocycles. The molecule has 9 heteroatoms. The number of rotatable bonds is 10. The number of aryl methyl sites for hydroxylation is 1. The smallest absolute Gasteiger partial charge is 0.244 e. The summed E-state index contributed by atoms with van der Waals surface area (Å²) in [5.74, 6) is -0.00307. The molecule has 1 N–H and O–H groups in total. The Balaban J connectivity index is 1.86. The van der Waals surface area contributed by atoms with Crippen molar-refractivity contribution < 1.29 is 22.7 Å². The number of amides is 2. The highest BCUT2D eigenvalue weighted by Gasteiger charge is 2.31. The van der Waals surface area contributed by atoms with Crippen molar-refractivity contribution >= 4 is 27.5 Å². The predicted octanol–water partition coefficient (Wildman–Crippen LogP) is 3.64. The van der Waals surface area contributed by atoms with Crippen LogP contribution in [0.25, 0.3) is 0 Å². The van der Waals surface area contributed by atoms with Gasteiger partial charge in [-0.05, 0) is 62.1 Å². The topological polar surface area (TPSA) is 96.0 Å². The van der Waals surface area contributed by atoms with E-state index in [1.54, 1.807) is 44.4 Å². The van der Waals surface area contributed by atoms with Crippen molar-refractivity contribution in [3.05, 3.63) is 59.7 Å². The van der Waals surface area contributed by atoms with E-state index in [9.17, 15) is 18.0 Å². The van der Waals surface area contributed by atoms with Crippen LogP contribution in [0.2, 0.25) is 0 Å². The number of methoxy groups -OCH3 is 1. The third-order valence-electron chi connectivity index (χ3n) is 6.60. The molecule has 0 aromatic heterocycles. The molecule has 8 nitrogen and oxygen atoms in total. The van der Waals surface area contributed by atoms with Gasteiger partial charge in [-0.2, -0.15) is 0 Å². The van der Waals surface area contributed by atoms with E-state index >= 15 is 0 Å². The van der Waals surface area contributed by atoms with Crippen molar-refractivity contribution in [2.75, 3.05) is 24.2 Å². The molecule has 1 fully saturated rings. The van der Waals surface area contributed by atoms with Gasteiger partial charge in [0, 0.05) is 12.6 Å². The second-order valence-electron chi connectivity index (χ2n) is 9.50. The van der Waals surface area contributed by atoms with Gasteiger partial charge in [-0.15, -0.1) is 0 Å². The van der Waals surface area contributed by atoms with E-state index in [-0.39, 0.29) is 18.5 Å². The average molecular weight is 516 g/mol. The minimum absolute atomic E-state index is 0.103. The van der Waals surface area contributed by atoms with Crippen LogP contribution in [0.1, 0.15) is 50.2 Å². The molecule has 1 aliphatic carbocycles. The van der Waals surface area contributed by atoms with Crippen LogP contribution in [-0.2, 0) is 26.2 Å². The molecule has 36 heavy (non-hydrogen) atoms. The van der Waals surface area contributed by atoms with Crippen LogP contribution in [0.5, 0.6) is 5.75 Å². The molecule has 196 valence electrons. The van der Waals surface area contributed by atoms with Crippen LogP contribution >= 0.6 is 0 Å². The van der Waals surface area contributed by atoms with Gasteiger partial charge in [0.1, 0.15) is 18.3 Å². The summed E-state index contributed by atoms with van der Waals surface area (Å²) in [6, 6.07) is 13.6. The predicted molar refractivity (Wildman–Crippen MR) is 141 cm³/mol. The average Bonchev–Trinajstić information content (AvgIpc) is 2.85. The quantitative estimate of drug-likeness (QED) is 0.521. The van der Waals surface area contributed by atoms with Crippen molar-refractivity contribution in [1.29, 1.82) is 0 Å². The number of benzene rings is 2. The fraction of sp³-hybridized carbons (Fsp3) is 0.481. The normalized spacial score (nSPS) is 15.1. The third kappa shape index (κ3) is 7.46. The molecule has 1 saturated carbocycles. The van der Waals surface area contributed by atoms with E-state index in [0.717, 1.165) is 47.4 Å². The molecule has 0 heterocycles. The molecule has 2 aromatic carbocycles. The second-order valence-corrected chi connectivity index (χ2v) is 11.4. The first-order valence-electron chi connectivity index (χ1n) is 12.4. The standard InChI is InChI=1S/C27H37N3O5S/c1-20-9-8-12-24(17-20)30(36(4,33)34)19-26(31)29(18-22-13-15-25(35-3)16-14-22)21(2)27(32)28-23-10-6-5-7-11-23/h8-9,12-17,21,23H,5-7,10-11,18-19H2,1-4H3,(H,28,32)/t21-/m1/s1. The molecule has 2 aromatic rings. The van der Waals surface area contributed by atoms with Crippen LogP contribution in [0.15, 0.2) is 48.5 Å². The van der Waals surface area contributed by atoms with Gasteiger partial charge < -0.3 is 15.0 Å². The lowest BCUT2D eigenvalue weighted by Crippen LogP contribution is -2.52. The number of carbonyl (C=O) groups is 2. The maximum absolute atomic E-state index is 13.6. The summed E-state index contributed by atoms with van der Waals surface area (Å²) in [4.78, 5) is 28.3. The zero-order valence-electron chi connectivity index (χ0n) is 21.6. The molecule has 0 aliphatic heterocycles. The lowest BCUT2D eigenvalue weighted by atomic mass is 9.95. The first-order chi connectivity index (χ1) is 17.1. The van der Waals surface area contributed by atoms with E-state index < -0.39 is 28.5 Å². The van der Waals surface area contributed by atoms with Crippen LogP contribution < -0.4 is 14.4 Å². The largest absolute Gasteiger partial charge is 0.497 e. The molecular weight excluding hydrogens is 478 g/mol. The Morgan fingerprint density at radius 3 is 2.33 bits per heavy atom. The first kappa shape index (κ1) is 27.5. The minimum atomic E-state index is -3.75. The van der Waals surface area contributed by atoms with E-state index in [1.807, 2.05) is 25.1 Å². The Morgan fingerprint density at radius 1 is 1.08 bits per heavy atom. The first-order valence-corrected chi connectivity index (χ1v) is 14.2. The lowest BCUT2D eigenvalue weighted by molar-refractivity contribution is -0.139. The maximum atomic E-state index is 13.6. The molecular formula is C27H37N3O5S. The summed E-state index contributed by atoms with van der Waals surface area (Å²) >= 11 is 0. The summed E-state index contributed by atoms with van der Waals surface area (Å²) in [5.41, 5.74) is 2.10. The van der Waals surface area contributed by atoms with Gasteiger partial charge in [-0.1, -0.05) is 43.5 Å². The van der Waals surface area contributed by atoms with Gasteiger partial charge >= 0.3 is 0 Å².